The first-order valence-electron chi connectivity index (χ1n) is 6.03. The Kier molecular flexibility index (Phi) is 5.39. The molecule has 2 aromatic rings. The topological polar surface area (TPSA) is 66.9 Å². The lowest BCUT2D eigenvalue weighted by atomic mass is 10.2. The molecule has 1 heterocycles. The van der Waals surface area contributed by atoms with Gasteiger partial charge in [-0.05, 0) is 18.2 Å². The summed E-state index contributed by atoms with van der Waals surface area (Å²) in [4.78, 5) is 19.9. The van der Waals surface area contributed by atoms with Crippen LogP contribution in [0.3, 0.4) is 0 Å². The van der Waals surface area contributed by atoms with Crippen molar-refractivity contribution in [3.05, 3.63) is 54.1 Å². The highest BCUT2D eigenvalue weighted by Gasteiger charge is 2.35. The van der Waals surface area contributed by atoms with Gasteiger partial charge in [0.2, 0.25) is 9.74 Å². The normalized spacial score (nSPS) is 12.5. The molecular weight excluding hydrogens is 354 g/mol. The summed E-state index contributed by atoms with van der Waals surface area (Å²) in [6, 6.07) is 7.07. The molecule has 1 aromatic heterocycles. The van der Waals surface area contributed by atoms with Crippen LogP contribution in [0.5, 0.6) is 0 Å². The maximum atomic E-state index is 13.6. The van der Waals surface area contributed by atoms with Gasteiger partial charge in [-0.25, -0.2) is 14.4 Å². The molecule has 0 spiro atoms. The fourth-order valence-electron chi connectivity index (χ4n) is 1.56. The minimum atomic E-state index is -1.90. The largest absolute Gasteiger partial charge is 0.330 e. The number of carbonyl (C=O) groups excluding carboxylic acids is 1. The van der Waals surface area contributed by atoms with Crippen LogP contribution >= 0.6 is 34.8 Å². The minimum absolute atomic E-state index is 0.146. The molecule has 9 heteroatoms. The number of hydrogen-bond donors (Lipinski definition) is 2. The van der Waals surface area contributed by atoms with Gasteiger partial charge in [-0.1, -0.05) is 46.9 Å². The highest BCUT2D eigenvalue weighted by atomic mass is 35.6. The maximum absolute atomic E-state index is 13.6. The molecular formula is C13H10Cl3FN4O. The van der Waals surface area contributed by atoms with E-state index >= 15 is 0 Å². The van der Waals surface area contributed by atoms with Crippen molar-refractivity contribution in [1.82, 2.24) is 15.3 Å². The zero-order valence-corrected chi connectivity index (χ0v) is 13.2. The van der Waals surface area contributed by atoms with Gasteiger partial charge in [0.05, 0.1) is 5.56 Å². The molecule has 0 fully saturated rings. The molecule has 1 atom stereocenters. The molecule has 1 unspecified atom stereocenters. The number of amides is 1. The van der Waals surface area contributed by atoms with E-state index in [1.165, 1.54) is 30.6 Å². The van der Waals surface area contributed by atoms with Crippen molar-refractivity contribution in [2.75, 3.05) is 5.32 Å². The number of nitrogens with one attached hydrogen (secondary N) is 2. The number of anilines is 1. The Hall–Kier alpha value is -1.63. The van der Waals surface area contributed by atoms with Crippen molar-refractivity contribution in [3.63, 3.8) is 0 Å². The van der Waals surface area contributed by atoms with E-state index in [1.807, 2.05) is 0 Å². The van der Waals surface area contributed by atoms with Gasteiger partial charge < -0.3 is 10.6 Å². The summed E-state index contributed by atoms with van der Waals surface area (Å²) < 4.78 is 11.7. The van der Waals surface area contributed by atoms with Crippen LogP contribution in [0.15, 0.2) is 42.7 Å². The zero-order chi connectivity index (χ0) is 16.2. The summed E-state index contributed by atoms with van der Waals surface area (Å²) in [7, 11) is 0. The smallest absolute Gasteiger partial charge is 0.255 e. The van der Waals surface area contributed by atoms with E-state index in [0.29, 0.717) is 0 Å². The summed E-state index contributed by atoms with van der Waals surface area (Å²) in [5.41, 5.74) is -0.169. The molecule has 1 amide bonds. The van der Waals surface area contributed by atoms with Crippen molar-refractivity contribution in [1.29, 1.82) is 0 Å². The standard InChI is InChI=1S/C13H10Cl3FN4O/c14-13(15,16)11(21-12-18-6-3-7-19-12)20-10(22)8-4-1-2-5-9(8)17/h1-7,11H,(H,20,22)(H,18,19,21). The van der Waals surface area contributed by atoms with Crippen LogP contribution in [-0.4, -0.2) is 25.8 Å². The second kappa shape index (κ2) is 7.09. The van der Waals surface area contributed by atoms with E-state index in [9.17, 15) is 9.18 Å². The first kappa shape index (κ1) is 16.7. The monoisotopic (exact) mass is 362 g/mol. The van der Waals surface area contributed by atoms with Gasteiger partial charge in [-0.15, -0.1) is 0 Å². The molecule has 22 heavy (non-hydrogen) atoms. The quantitative estimate of drug-likeness (QED) is 0.647. The summed E-state index contributed by atoms with van der Waals surface area (Å²) in [6.07, 6.45) is 1.79. The first-order valence-corrected chi connectivity index (χ1v) is 7.17. The fraction of sp³-hybridized carbons (Fsp3) is 0.154. The predicted molar refractivity (Wildman–Crippen MR) is 83.6 cm³/mol. The molecule has 0 saturated carbocycles. The SMILES string of the molecule is O=C(NC(Nc1ncccn1)C(Cl)(Cl)Cl)c1ccccc1F. The van der Waals surface area contributed by atoms with Gasteiger partial charge >= 0.3 is 0 Å². The van der Waals surface area contributed by atoms with Gasteiger partial charge in [0, 0.05) is 12.4 Å². The van der Waals surface area contributed by atoms with Crippen molar-refractivity contribution in [2.45, 2.75) is 9.96 Å². The number of nitrogens with zero attached hydrogens (tertiary/aromatic N) is 2. The third-order valence-electron chi connectivity index (χ3n) is 2.56. The van der Waals surface area contributed by atoms with Crippen molar-refractivity contribution in [2.24, 2.45) is 0 Å². The molecule has 5 nitrogen and oxygen atoms in total. The highest BCUT2D eigenvalue weighted by molar-refractivity contribution is 6.68. The molecule has 0 radical (unpaired) electrons. The summed E-state index contributed by atoms with van der Waals surface area (Å²) in [5, 5.41) is 5.06. The molecule has 0 aliphatic heterocycles. The van der Waals surface area contributed by atoms with Crippen LogP contribution in [0.2, 0.25) is 0 Å². The van der Waals surface area contributed by atoms with E-state index in [2.05, 4.69) is 20.6 Å². The predicted octanol–water partition coefficient (Wildman–Crippen LogP) is 3.15. The first-order chi connectivity index (χ1) is 10.4. The highest BCUT2D eigenvalue weighted by Crippen LogP contribution is 2.30. The van der Waals surface area contributed by atoms with Gasteiger partial charge in [0.15, 0.2) is 0 Å². The van der Waals surface area contributed by atoms with E-state index in [0.717, 1.165) is 6.07 Å². The Morgan fingerprint density at radius 3 is 2.36 bits per heavy atom. The van der Waals surface area contributed by atoms with Crippen LogP contribution in [0, 0.1) is 5.82 Å². The third-order valence-corrected chi connectivity index (χ3v) is 3.22. The van der Waals surface area contributed by atoms with Crippen molar-refractivity contribution in [3.8, 4) is 0 Å². The molecule has 2 rings (SSSR count). The van der Waals surface area contributed by atoms with E-state index < -0.39 is 21.7 Å². The summed E-state index contributed by atoms with van der Waals surface area (Å²) in [6.45, 7) is 0. The number of aromatic nitrogens is 2. The number of alkyl halides is 3. The Morgan fingerprint density at radius 1 is 1.14 bits per heavy atom. The number of benzene rings is 1. The van der Waals surface area contributed by atoms with Gasteiger partial charge in [-0.3, -0.25) is 4.79 Å². The van der Waals surface area contributed by atoms with Gasteiger partial charge in [-0.2, -0.15) is 0 Å². The van der Waals surface area contributed by atoms with Crippen LogP contribution in [-0.2, 0) is 0 Å². The van der Waals surface area contributed by atoms with Crippen LogP contribution in [0.4, 0.5) is 10.3 Å². The average molecular weight is 364 g/mol. The Morgan fingerprint density at radius 2 is 1.77 bits per heavy atom. The van der Waals surface area contributed by atoms with Crippen LogP contribution < -0.4 is 10.6 Å². The maximum Gasteiger partial charge on any atom is 0.255 e. The molecule has 0 saturated heterocycles. The molecule has 0 aliphatic carbocycles. The van der Waals surface area contributed by atoms with E-state index in [4.69, 9.17) is 34.8 Å². The molecule has 2 N–H and O–H groups in total. The van der Waals surface area contributed by atoms with Crippen molar-refractivity contribution >= 4 is 46.7 Å². The van der Waals surface area contributed by atoms with Crippen molar-refractivity contribution < 1.29 is 9.18 Å². The minimum Gasteiger partial charge on any atom is -0.330 e. The number of hydrogen-bond acceptors (Lipinski definition) is 4. The lowest BCUT2D eigenvalue weighted by Gasteiger charge is -2.26. The molecule has 0 bridgehead atoms. The van der Waals surface area contributed by atoms with Crippen LogP contribution in [0.1, 0.15) is 10.4 Å². The Labute approximate surface area is 140 Å². The molecule has 0 aliphatic rings. The molecule has 116 valence electrons. The van der Waals surface area contributed by atoms with Gasteiger partial charge in [0.1, 0.15) is 12.0 Å². The van der Waals surface area contributed by atoms with E-state index in [1.54, 1.807) is 6.07 Å². The summed E-state index contributed by atoms with van der Waals surface area (Å²) >= 11 is 17.5. The third kappa shape index (κ3) is 4.43. The Bertz CT molecular complexity index is 651. The number of rotatable bonds is 4. The number of halogens is 4. The fourth-order valence-corrected chi connectivity index (χ4v) is 1.88. The zero-order valence-electron chi connectivity index (χ0n) is 10.9. The summed E-state index contributed by atoms with van der Waals surface area (Å²) in [5.74, 6) is -1.27. The average Bonchev–Trinajstić information content (AvgIpc) is 2.47. The Balaban J connectivity index is 2.17. The van der Waals surface area contributed by atoms with E-state index in [-0.39, 0.29) is 11.5 Å². The lowest BCUT2D eigenvalue weighted by Crippen LogP contribution is -2.49. The second-order valence-corrected chi connectivity index (χ2v) is 6.51. The molecule has 1 aromatic carbocycles. The van der Waals surface area contributed by atoms with Crippen LogP contribution in [0.25, 0.3) is 0 Å². The second-order valence-electron chi connectivity index (χ2n) is 4.14. The van der Waals surface area contributed by atoms with Gasteiger partial charge in [0.25, 0.3) is 5.91 Å². The number of carbonyl (C=O) groups is 1. The lowest BCUT2D eigenvalue weighted by molar-refractivity contribution is 0.0937.